The first-order chi connectivity index (χ1) is 11.4. The van der Waals surface area contributed by atoms with Gasteiger partial charge in [0.05, 0.1) is 24.0 Å². The molecule has 130 valence electrons. The Kier molecular flexibility index (Phi) is 6.30. The highest BCUT2D eigenvalue weighted by atomic mass is 35.5. The number of aliphatic hydroxyl groups excluding tert-OH is 1. The Hall–Kier alpha value is -1.96. The van der Waals surface area contributed by atoms with Crippen LogP contribution in [0.15, 0.2) is 53.4 Å². The van der Waals surface area contributed by atoms with Crippen LogP contribution in [0.25, 0.3) is 0 Å². The maximum Gasteiger partial charge on any atom is 0.261 e. The molecule has 2 aromatic rings. The van der Waals surface area contributed by atoms with Crippen molar-refractivity contribution in [1.29, 1.82) is 0 Å². The predicted octanol–water partition coefficient (Wildman–Crippen LogP) is 2.51. The van der Waals surface area contributed by atoms with Crippen LogP contribution in [0, 0.1) is 0 Å². The molecule has 1 atom stereocenters. The molecule has 0 spiro atoms. The zero-order valence-corrected chi connectivity index (χ0v) is 14.6. The van der Waals surface area contributed by atoms with Crippen LogP contribution in [-0.2, 0) is 10.0 Å². The second-order valence-electron chi connectivity index (χ2n) is 5.05. The number of sulfonamides is 1. The number of rotatable bonds is 8. The summed E-state index contributed by atoms with van der Waals surface area (Å²) in [6.45, 7) is 0.291. The van der Waals surface area contributed by atoms with Crippen LogP contribution in [-0.4, -0.2) is 39.2 Å². The highest BCUT2D eigenvalue weighted by molar-refractivity contribution is 7.92. The third-order valence-electron chi connectivity index (χ3n) is 3.23. The summed E-state index contributed by atoms with van der Waals surface area (Å²) in [6.07, 6.45) is -0.660. The van der Waals surface area contributed by atoms with Gasteiger partial charge in [0.2, 0.25) is 0 Å². The van der Waals surface area contributed by atoms with E-state index in [1.54, 1.807) is 43.5 Å². The predicted molar refractivity (Wildman–Crippen MR) is 95.5 cm³/mol. The van der Waals surface area contributed by atoms with E-state index < -0.39 is 16.1 Å². The summed E-state index contributed by atoms with van der Waals surface area (Å²) in [5.41, 5.74) is 1.14. The minimum atomic E-state index is -3.67. The van der Waals surface area contributed by atoms with Gasteiger partial charge in [-0.2, -0.15) is 0 Å². The van der Waals surface area contributed by atoms with E-state index in [2.05, 4.69) is 10.0 Å². The lowest BCUT2D eigenvalue weighted by molar-refractivity contribution is 0.211. The SMILES string of the molecule is COc1ccc(NS(=O)(=O)c2ccc(NCC(O)CCl)cc2)cc1. The molecule has 0 aliphatic carbocycles. The Morgan fingerprint density at radius 2 is 1.67 bits per heavy atom. The van der Waals surface area contributed by atoms with Gasteiger partial charge in [-0.3, -0.25) is 4.72 Å². The first-order valence-electron chi connectivity index (χ1n) is 7.19. The van der Waals surface area contributed by atoms with Crippen molar-refractivity contribution in [3.8, 4) is 5.75 Å². The first kappa shape index (κ1) is 18.4. The van der Waals surface area contributed by atoms with E-state index in [4.69, 9.17) is 16.3 Å². The van der Waals surface area contributed by atoms with Gasteiger partial charge >= 0.3 is 0 Å². The topological polar surface area (TPSA) is 87.7 Å². The average Bonchev–Trinajstić information content (AvgIpc) is 2.60. The summed E-state index contributed by atoms with van der Waals surface area (Å²) in [4.78, 5) is 0.141. The van der Waals surface area contributed by atoms with Crippen LogP contribution in [0.5, 0.6) is 5.75 Å². The molecule has 0 fully saturated rings. The van der Waals surface area contributed by atoms with Crippen molar-refractivity contribution in [1.82, 2.24) is 0 Å². The lowest BCUT2D eigenvalue weighted by Crippen LogP contribution is -2.20. The number of halogens is 1. The molecular weight excluding hydrogens is 352 g/mol. The van der Waals surface area contributed by atoms with Gasteiger partial charge in [-0.15, -0.1) is 11.6 Å². The molecule has 2 rings (SSSR count). The normalized spacial score (nSPS) is 12.5. The molecule has 0 aromatic heterocycles. The van der Waals surface area contributed by atoms with Crippen LogP contribution in [0.3, 0.4) is 0 Å². The number of methoxy groups -OCH3 is 1. The second-order valence-corrected chi connectivity index (χ2v) is 7.04. The van der Waals surface area contributed by atoms with Crippen molar-refractivity contribution in [2.45, 2.75) is 11.0 Å². The van der Waals surface area contributed by atoms with Crippen molar-refractivity contribution in [3.63, 3.8) is 0 Å². The molecule has 24 heavy (non-hydrogen) atoms. The van der Waals surface area contributed by atoms with E-state index in [9.17, 15) is 13.5 Å². The number of aliphatic hydroxyl groups is 1. The molecule has 0 heterocycles. The Bertz CT molecular complexity index is 749. The summed E-state index contributed by atoms with van der Waals surface area (Å²) in [5.74, 6) is 0.776. The van der Waals surface area contributed by atoms with Gasteiger partial charge < -0.3 is 15.2 Å². The van der Waals surface area contributed by atoms with E-state index in [-0.39, 0.29) is 10.8 Å². The largest absolute Gasteiger partial charge is 0.497 e. The fourth-order valence-electron chi connectivity index (χ4n) is 1.92. The number of anilines is 2. The maximum absolute atomic E-state index is 12.4. The van der Waals surface area contributed by atoms with E-state index in [1.165, 1.54) is 12.1 Å². The van der Waals surface area contributed by atoms with Crippen molar-refractivity contribution in [2.24, 2.45) is 0 Å². The molecule has 6 nitrogen and oxygen atoms in total. The average molecular weight is 371 g/mol. The van der Waals surface area contributed by atoms with Crippen molar-refractivity contribution in [2.75, 3.05) is 29.6 Å². The van der Waals surface area contributed by atoms with Crippen LogP contribution in [0.1, 0.15) is 0 Å². The molecule has 3 N–H and O–H groups in total. The number of nitrogens with one attached hydrogen (secondary N) is 2. The van der Waals surface area contributed by atoms with Gasteiger partial charge in [-0.05, 0) is 48.5 Å². The third kappa shape index (κ3) is 5.02. The molecule has 0 aliphatic rings. The second kappa shape index (κ2) is 8.23. The van der Waals surface area contributed by atoms with E-state index in [0.29, 0.717) is 23.7 Å². The smallest absolute Gasteiger partial charge is 0.261 e. The maximum atomic E-state index is 12.4. The zero-order valence-electron chi connectivity index (χ0n) is 13.1. The summed E-state index contributed by atoms with van der Waals surface area (Å²) in [7, 11) is -2.13. The molecule has 0 radical (unpaired) electrons. The summed E-state index contributed by atoms with van der Waals surface area (Å²) < 4.78 is 32.3. The Morgan fingerprint density at radius 1 is 1.08 bits per heavy atom. The van der Waals surface area contributed by atoms with E-state index >= 15 is 0 Å². The van der Waals surface area contributed by atoms with E-state index in [0.717, 1.165) is 0 Å². The standard InChI is InChI=1S/C16H19ClN2O4S/c1-23-15-6-2-13(3-7-15)19-24(21,22)16-8-4-12(5-9-16)18-11-14(20)10-17/h2-9,14,18-20H,10-11H2,1H3. The third-order valence-corrected chi connectivity index (χ3v) is 4.98. The van der Waals surface area contributed by atoms with E-state index in [1.807, 2.05) is 0 Å². The Balaban J connectivity index is 2.05. The molecule has 1 unspecified atom stereocenters. The molecule has 2 aromatic carbocycles. The monoisotopic (exact) mass is 370 g/mol. The van der Waals surface area contributed by atoms with Crippen LogP contribution in [0.2, 0.25) is 0 Å². The summed E-state index contributed by atoms with van der Waals surface area (Å²) in [6, 6.07) is 12.8. The Morgan fingerprint density at radius 3 is 2.21 bits per heavy atom. The molecule has 0 saturated carbocycles. The minimum Gasteiger partial charge on any atom is -0.497 e. The number of hydrogen-bond acceptors (Lipinski definition) is 5. The number of alkyl halides is 1. The van der Waals surface area contributed by atoms with Crippen molar-refractivity contribution in [3.05, 3.63) is 48.5 Å². The van der Waals surface area contributed by atoms with Gasteiger partial charge in [0.25, 0.3) is 10.0 Å². The summed E-state index contributed by atoms with van der Waals surface area (Å²) in [5, 5.41) is 12.4. The zero-order chi connectivity index (χ0) is 17.6. The number of ether oxygens (including phenoxy) is 1. The molecule has 0 amide bonds. The first-order valence-corrected chi connectivity index (χ1v) is 9.21. The van der Waals surface area contributed by atoms with Crippen molar-refractivity contribution < 1.29 is 18.3 Å². The van der Waals surface area contributed by atoms with Gasteiger partial charge in [-0.1, -0.05) is 0 Å². The fourth-order valence-corrected chi connectivity index (χ4v) is 3.08. The van der Waals surface area contributed by atoms with Crippen LogP contribution in [0.4, 0.5) is 11.4 Å². The molecule has 8 heteroatoms. The number of hydrogen-bond donors (Lipinski definition) is 3. The molecule has 0 saturated heterocycles. The molecule has 0 bridgehead atoms. The Labute approximate surface area is 146 Å². The van der Waals surface area contributed by atoms with Gasteiger partial charge in [0.1, 0.15) is 5.75 Å². The van der Waals surface area contributed by atoms with Gasteiger partial charge in [0, 0.05) is 17.9 Å². The quantitative estimate of drug-likeness (QED) is 0.621. The highest BCUT2D eigenvalue weighted by Crippen LogP contribution is 2.20. The van der Waals surface area contributed by atoms with Gasteiger partial charge in [-0.25, -0.2) is 8.42 Å². The lowest BCUT2D eigenvalue weighted by atomic mass is 10.3. The fraction of sp³-hybridized carbons (Fsp3) is 0.250. The minimum absolute atomic E-state index is 0.130. The summed E-state index contributed by atoms with van der Waals surface area (Å²) >= 11 is 5.51. The van der Waals surface area contributed by atoms with Gasteiger partial charge in [0.15, 0.2) is 0 Å². The van der Waals surface area contributed by atoms with Crippen LogP contribution >= 0.6 is 11.6 Å². The highest BCUT2D eigenvalue weighted by Gasteiger charge is 2.14. The molecular formula is C16H19ClN2O4S. The van der Waals surface area contributed by atoms with Crippen molar-refractivity contribution >= 4 is 33.0 Å². The number of benzene rings is 2. The lowest BCUT2D eigenvalue weighted by Gasteiger charge is -2.12. The molecule has 0 aliphatic heterocycles. The van der Waals surface area contributed by atoms with Crippen LogP contribution < -0.4 is 14.8 Å².